The van der Waals surface area contributed by atoms with Crippen molar-refractivity contribution in [2.45, 2.75) is 13.8 Å². The van der Waals surface area contributed by atoms with Crippen LogP contribution in [0, 0.1) is 13.8 Å². The summed E-state index contributed by atoms with van der Waals surface area (Å²) in [6.45, 7) is 3.84. The number of hydrogen-bond donors (Lipinski definition) is 1. The molecule has 0 saturated heterocycles. The first-order chi connectivity index (χ1) is 8.20. The lowest BCUT2D eigenvalue weighted by Crippen LogP contribution is -1.99. The number of nitrogens with zero attached hydrogens (tertiary/aromatic N) is 2. The van der Waals surface area contributed by atoms with Gasteiger partial charge in [0, 0.05) is 7.05 Å². The van der Waals surface area contributed by atoms with Gasteiger partial charge in [0.05, 0.1) is 6.20 Å². The molecule has 0 saturated carbocycles. The quantitative estimate of drug-likeness (QED) is 0.879. The van der Waals surface area contributed by atoms with Crippen molar-refractivity contribution >= 4 is 5.69 Å². The smallest absolute Gasteiger partial charge is 0.246 e. The minimum Gasteiger partial charge on any atom is -0.437 e. The zero-order chi connectivity index (χ0) is 12.3. The van der Waals surface area contributed by atoms with Crippen LogP contribution in [-0.4, -0.2) is 17.0 Å². The predicted molar refractivity (Wildman–Crippen MR) is 67.6 cm³/mol. The first-order valence-corrected chi connectivity index (χ1v) is 5.45. The Balaban J connectivity index is 2.35. The molecule has 4 nitrogen and oxygen atoms in total. The van der Waals surface area contributed by atoms with Crippen LogP contribution in [0.25, 0.3) is 0 Å². The first-order valence-electron chi connectivity index (χ1n) is 5.45. The van der Waals surface area contributed by atoms with Crippen molar-refractivity contribution in [2.75, 3.05) is 12.4 Å². The second-order valence-electron chi connectivity index (χ2n) is 3.75. The summed E-state index contributed by atoms with van der Waals surface area (Å²) in [6.07, 6.45) is 1.72. The van der Waals surface area contributed by atoms with Crippen LogP contribution in [0.2, 0.25) is 0 Å². The van der Waals surface area contributed by atoms with E-state index in [0.717, 1.165) is 17.0 Å². The summed E-state index contributed by atoms with van der Waals surface area (Å²) < 4.78 is 5.80. The lowest BCUT2D eigenvalue weighted by atomic mass is 10.2. The molecule has 0 spiro atoms. The Kier molecular flexibility index (Phi) is 3.23. The number of nitrogens with one attached hydrogen (secondary N) is 1. The fraction of sp³-hybridized carbons (Fsp3) is 0.231. The summed E-state index contributed by atoms with van der Waals surface area (Å²) in [5.41, 5.74) is 1.85. The van der Waals surface area contributed by atoms with Crippen molar-refractivity contribution in [1.29, 1.82) is 0 Å². The highest BCUT2D eigenvalue weighted by Gasteiger charge is 2.08. The normalized spacial score (nSPS) is 10.1. The van der Waals surface area contributed by atoms with Gasteiger partial charge in [0.2, 0.25) is 5.88 Å². The average Bonchev–Trinajstić information content (AvgIpc) is 2.32. The molecule has 2 aromatic rings. The maximum absolute atomic E-state index is 5.80. The van der Waals surface area contributed by atoms with E-state index >= 15 is 0 Å². The summed E-state index contributed by atoms with van der Waals surface area (Å²) in [4.78, 5) is 8.41. The molecule has 0 atom stereocenters. The van der Waals surface area contributed by atoms with E-state index in [9.17, 15) is 0 Å². The highest BCUT2D eigenvalue weighted by Crippen LogP contribution is 2.28. The van der Waals surface area contributed by atoms with Crippen LogP contribution in [0.15, 0.2) is 30.5 Å². The van der Waals surface area contributed by atoms with Gasteiger partial charge in [-0.15, -0.1) is 0 Å². The van der Waals surface area contributed by atoms with E-state index in [0.29, 0.717) is 11.7 Å². The van der Waals surface area contributed by atoms with Crippen LogP contribution >= 0.6 is 0 Å². The van der Waals surface area contributed by atoms with Gasteiger partial charge in [0.1, 0.15) is 17.3 Å². The Morgan fingerprint density at radius 3 is 2.65 bits per heavy atom. The maximum atomic E-state index is 5.80. The van der Waals surface area contributed by atoms with Gasteiger partial charge in [0.25, 0.3) is 0 Å². The number of aromatic nitrogens is 2. The first kappa shape index (κ1) is 11.4. The summed E-state index contributed by atoms with van der Waals surface area (Å²) in [5.74, 6) is 2.05. The summed E-state index contributed by atoms with van der Waals surface area (Å²) in [6, 6.07) is 7.84. The fourth-order valence-corrected chi connectivity index (χ4v) is 1.47. The highest BCUT2D eigenvalue weighted by atomic mass is 16.5. The summed E-state index contributed by atoms with van der Waals surface area (Å²) >= 11 is 0. The minimum absolute atomic E-state index is 0.550. The van der Waals surface area contributed by atoms with E-state index in [1.807, 2.05) is 45.2 Å². The number of ether oxygens (including phenoxy) is 1. The average molecular weight is 229 g/mol. The Bertz CT molecular complexity index is 526. The molecule has 1 heterocycles. The Morgan fingerprint density at radius 2 is 1.94 bits per heavy atom. The molecule has 0 radical (unpaired) electrons. The molecule has 17 heavy (non-hydrogen) atoms. The van der Waals surface area contributed by atoms with Gasteiger partial charge in [-0.05, 0) is 25.5 Å². The van der Waals surface area contributed by atoms with Crippen LogP contribution in [0.3, 0.4) is 0 Å². The van der Waals surface area contributed by atoms with Crippen molar-refractivity contribution in [3.8, 4) is 11.6 Å². The van der Waals surface area contributed by atoms with E-state index in [2.05, 4.69) is 15.3 Å². The van der Waals surface area contributed by atoms with Crippen LogP contribution in [0.1, 0.15) is 11.4 Å². The molecule has 0 bridgehead atoms. The zero-order valence-corrected chi connectivity index (χ0v) is 10.2. The molecule has 4 heteroatoms. The van der Waals surface area contributed by atoms with Crippen LogP contribution in [0.4, 0.5) is 5.69 Å². The topological polar surface area (TPSA) is 47.0 Å². The van der Waals surface area contributed by atoms with Gasteiger partial charge >= 0.3 is 0 Å². The van der Waals surface area contributed by atoms with E-state index in [1.165, 1.54) is 0 Å². The number of aryl methyl sites for hydroxylation is 2. The number of rotatable bonds is 3. The largest absolute Gasteiger partial charge is 0.437 e. The number of para-hydroxylation sites is 1. The molecule has 1 aromatic carbocycles. The van der Waals surface area contributed by atoms with Crippen molar-refractivity contribution in [3.63, 3.8) is 0 Å². The molecule has 88 valence electrons. The van der Waals surface area contributed by atoms with Crippen molar-refractivity contribution in [3.05, 3.63) is 41.9 Å². The van der Waals surface area contributed by atoms with Gasteiger partial charge in [-0.25, -0.2) is 4.98 Å². The van der Waals surface area contributed by atoms with Crippen molar-refractivity contribution in [2.24, 2.45) is 0 Å². The molecule has 0 aliphatic carbocycles. The van der Waals surface area contributed by atoms with Gasteiger partial charge < -0.3 is 10.1 Å². The molecular formula is C13H15N3O. The Labute approximate surface area is 101 Å². The molecular weight excluding hydrogens is 214 g/mol. The lowest BCUT2D eigenvalue weighted by Gasteiger charge is -2.11. The summed E-state index contributed by atoms with van der Waals surface area (Å²) in [7, 11) is 1.82. The zero-order valence-electron chi connectivity index (χ0n) is 10.2. The number of hydrogen-bond acceptors (Lipinski definition) is 4. The molecule has 1 N–H and O–H groups in total. The Hall–Kier alpha value is -2.10. The van der Waals surface area contributed by atoms with Gasteiger partial charge in [-0.2, -0.15) is 4.98 Å². The van der Waals surface area contributed by atoms with Crippen molar-refractivity contribution in [1.82, 2.24) is 9.97 Å². The second-order valence-corrected chi connectivity index (χ2v) is 3.75. The molecule has 1 aromatic heterocycles. The second kappa shape index (κ2) is 4.82. The minimum atomic E-state index is 0.550. The van der Waals surface area contributed by atoms with Crippen LogP contribution in [-0.2, 0) is 0 Å². The Morgan fingerprint density at radius 1 is 1.18 bits per heavy atom. The third kappa shape index (κ3) is 2.53. The van der Waals surface area contributed by atoms with Crippen LogP contribution in [0.5, 0.6) is 11.6 Å². The third-order valence-corrected chi connectivity index (χ3v) is 2.44. The molecule has 0 unspecified atom stereocenters. The van der Waals surface area contributed by atoms with Crippen molar-refractivity contribution < 1.29 is 4.74 Å². The monoisotopic (exact) mass is 229 g/mol. The molecule has 0 aliphatic heterocycles. The SMILES string of the molecule is CNc1cnc(C)nc1Oc1ccccc1C. The maximum Gasteiger partial charge on any atom is 0.246 e. The van der Waals surface area contributed by atoms with Gasteiger partial charge in [0.15, 0.2) is 0 Å². The molecule has 2 rings (SSSR count). The van der Waals surface area contributed by atoms with E-state index < -0.39 is 0 Å². The predicted octanol–water partition coefficient (Wildman–Crippen LogP) is 2.93. The molecule has 0 fully saturated rings. The standard InChI is InChI=1S/C13H15N3O/c1-9-6-4-5-7-12(9)17-13-11(14-3)8-15-10(2)16-13/h4-8,14H,1-3H3. The number of anilines is 1. The number of benzene rings is 1. The van der Waals surface area contributed by atoms with E-state index in [-0.39, 0.29) is 0 Å². The highest BCUT2D eigenvalue weighted by molar-refractivity contribution is 5.52. The van der Waals surface area contributed by atoms with Gasteiger partial charge in [-0.3, -0.25) is 0 Å². The van der Waals surface area contributed by atoms with E-state index in [1.54, 1.807) is 6.20 Å². The summed E-state index contributed by atoms with van der Waals surface area (Å²) in [5, 5.41) is 3.01. The molecule has 0 amide bonds. The van der Waals surface area contributed by atoms with Gasteiger partial charge in [-0.1, -0.05) is 18.2 Å². The fourth-order valence-electron chi connectivity index (χ4n) is 1.47. The van der Waals surface area contributed by atoms with Crippen LogP contribution < -0.4 is 10.1 Å². The van der Waals surface area contributed by atoms with E-state index in [4.69, 9.17) is 4.74 Å². The lowest BCUT2D eigenvalue weighted by molar-refractivity contribution is 0.458. The third-order valence-electron chi connectivity index (χ3n) is 2.44. The molecule has 0 aliphatic rings.